The van der Waals surface area contributed by atoms with Crippen molar-refractivity contribution in [3.8, 4) is 0 Å². The van der Waals surface area contributed by atoms with Crippen LogP contribution in [0.4, 0.5) is 0 Å². The highest BCUT2D eigenvalue weighted by atomic mass is 16.4. The molecule has 13 heavy (non-hydrogen) atoms. The zero-order valence-corrected chi connectivity index (χ0v) is 8.55. The fourth-order valence-electron chi connectivity index (χ4n) is 1.06. The lowest BCUT2D eigenvalue weighted by Gasteiger charge is -2.23. The Bertz CT molecular complexity index is 205. The molecule has 0 heterocycles. The van der Waals surface area contributed by atoms with Crippen molar-refractivity contribution in [1.29, 1.82) is 0 Å². The molecule has 4 heteroatoms. The van der Waals surface area contributed by atoms with Crippen molar-refractivity contribution < 1.29 is 14.7 Å². The van der Waals surface area contributed by atoms with Crippen LogP contribution in [-0.2, 0) is 9.59 Å². The number of carboxylic acid groups (broad SMARTS) is 1. The largest absolute Gasteiger partial charge is 0.480 e. The van der Waals surface area contributed by atoms with E-state index in [-0.39, 0.29) is 11.3 Å². The first-order valence-electron chi connectivity index (χ1n) is 4.22. The summed E-state index contributed by atoms with van der Waals surface area (Å²) < 4.78 is 0. The van der Waals surface area contributed by atoms with Crippen molar-refractivity contribution >= 4 is 11.9 Å². The Morgan fingerprint density at radius 2 is 1.85 bits per heavy atom. The van der Waals surface area contributed by atoms with Gasteiger partial charge < -0.3 is 10.4 Å². The second-order valence-corrected chi connectivity index (χ2v) is 4.36. The highest BCUT2D eigenvalue weighted by molar-refractivity contribution is 5.82. The summed E-state index contributed by atoms with van der Waals surface area (Å²) in [7, 11) is 0. The van der Waals surface area contributed by atoms with Gasteiger partial charge in [-0.1, -0.05) is 20.8 Å². The van der Waals surface area contributed by atoms with Crippen LogP contribution in [0.3, 0.4) is 0 Å². The number of carbonyl (C=O) groups is 2. The number of nitrogens with one attached hydrogen (secondary N) is 1. The Morgan fingerprint density at radius 1 is 1.38 bits per heavy atom. The minimum atomic E-state index is -0.981. The summed E-state index contributed by atoms with van der Waals surface area (Å²) in [5.74, 6) is -1.29. The summed E-state index contributed by atoms with van der Waals surface area (Å²) >= 11 is 0. The van der Waals surface area contributed by atoms with E-state index in [4.69, 9.17) is 5.11 Å². The average molecular weight is 187 g/mol. The molecule has 0 aliphatic rings. The highest BCUT2D eigenvalue weighted by Crippen LogP contribution is 2.20. The molecule has 0 aromatic carbocycles. The van der Waals surface area contributed by atoms with Crippen molar-refractivity contribution in [2.24, 2.45) is 5.41 Å². The summed E-state index contributed by atoms with van der Waals surface area (Å²) in [6.07, 6.45) is 0.432. The molecule has 0 aromatic rings. The van der Waals surface area contributed by atoms with Crippen LogP contribution in [0.25, 0.3) is 0 Å². The number of amides is 1. The van der Waals surface area contributed by atoms with Crippen molar-refractivity contribution in [3.05, 3.63) is 0 Å². The lowest BCUT2D eigenvalue weighted by Crippen LogP contribution is -2.42. The maximum Gasteiger partial charge on any atom is 0.326 e. The quantitative estimate of drug-likeness (QED) is 0.693. The zero-order valence-electron chi connectivity index (χ0n) is 8.55. The predicted octanol–water partition coefficient (Wildman–Crippen LogP) is 1.01. The summed E-state index contributed by atoms with van der Waals surface area (Å²) in [6, 6.07) is -0.780. The van der Waals surface area contributed by atoms with E-state index < -0.39 is 12.0 Å². The van der Waals surface area contributed by atoms with Gasteiger partial charge in [0.15, 0.2) is 0 Å². The molecule has 0 rings (SSSR count). The number of aliphatic carboxylic acids is 1. The molecule has 0 bridgehead atoms. The first-order chi connectivity index (χ1) is 5.72. The number of carboxylic acids is 1. The van der Waals surface area contributed by atoms with E-state index in [2.05, 4.69) is 5.32 Å². The molecule has 76 valence electrons. The molecule has 0 unspecified atom stereocenters. The van der Waals surface area contributed by atoms with E-state index in [0.717, 1.165) is 0 Å². The summed E-state index contributed by atoms with van der Waals surface area (Å²) in [5.41, 5.74) is -0.106. The molecule has 1 atom stereocenters. The fraction of sp³-hybridized carbons (Fsp3) is 0.778. The van der Waals surface area contributed by atoms with Gasteiger partial charge >= 0.3 is 5.97 Å². The molecule has 0 fully saturated rings. The normalized spacial score (nSPS) is 13.5. The Balaban J connectivity index is 4.27. The van der Waals surface area contributed by atoms with Crippen molar-refractivity contribution in [2.75, 3.05) is 0 Å². The van der Waals surface area contributed by atoms with E-state index >= 15 is 0 Å². The third kappa shape index (κ3) is 6.13. The molecule has 2 N–H and O–H groups in total. The Morgan fingerprint density at radius 3 is 2.08 bits per heavy atom. The Kier molecular flexibility index (Phi) is 3.91. The van der Waals surface area contributed by atoms with Crippen LogP contribution >= 0.6 is 0 Å². The molecule has 0 saturated heterocycles. The zero-order chi connectivity index (χ0) is 10.6. The maximum absolute atomic E-state index is 10.7. The first-order valence-corrected chi connectivity index (χ1v) is 4.22. The predicted molar refractivity (Wildman–Crippen MR) is 49.3 cm³/mol. The molecule has 0 radical (unpaired) electrons. The van der Waals surface area contributed by atoms with E-state index in [1.807, 2.05) is 20.8 Å². The lowest BCUT2D eigenvalue weighted by molar-refractivity contribution is -0.142. The van der Waals surface area contributed by atoms with Crippen LogP contribution in [0.15, 0.2) is 0 Å². The molecule has 0 aliphatic heterocycles. The Labute approximate surface area is 78.3 Å². The van der Waals surface area contributed by atoms with E-state index in [1.165, 1.54) is 6.92 Å². The van der Waals surface area contributed by atoms with E-state index in [1.54, 1.807) is 0 Å². The molecule has 0 spiro atoms. The van der Waals surface area contributed by atoms with Crippen molar-refractivity contribution in [2.45, 2.75) is 40.2 Å². The van der Waals surface area contributed by atoms with Gasteiger partial charge in [0.05, 0.1) is 0 Å². The number of hydrogen-bond acceptors (Lipinski definition) is 2. The van der Waals surface area contributed by atoms with Crippen LogP contribution in [0, 0.1) is 5.41 Å². The second kappa shape index (κ2) is 4.25. The standard InChI is InChI=1S/C9H17NO3/c1-6(11)10-7(8(12)13)5-9(2,3)4/h7H,5H2,1-4H3,(H,10,11)(H,12,13)/t7-/m1/s1. The molecular weight excluding hydrogens is 170 g/mol. The van der Waals surface area contributed by atoms with Gasteiger partial charge in [0.2, 0.25) is 5.91 Å². The molecule has 0 aliphatic carbocycles. The second-order valence-electron chi connectivity index (χ2n) is 4.36. The van der Waals surface area contributed by atoms with Crippen molar-refractivity contribution in [1.82, 2.24) is 5.32 Å². The topological polar surface area (TPSA) is 66.4 Å². The molecular formula is C9H17NO3. The third-order valence-electron chi connectivity index (χ3n) is 1.49. The molecule has 0 saturated carbocycles. The van der Waals surface area contributed by atoms with Gasteiger partial charge in [0.25, 0.3) is 0 Å². The van der Waals surface area contributed by atoms with Crippen LogP contribution < -0.4 is 5.32 Å². The number of hydrogen-bond donors (Lipinski definition) is 2. The van der Waals surface area contributed by atoms with Crippen LogP contribution in [0.1, 0.15) is 34.1 Å². The highest BCUT2D eigenvalue weighted by Gasteiger charge is 2.24. The lowest BCUT2D eigenvalue weighted by atomic mass is 9.88. The number of rotatable bonds is 3. The van der Waals surface area contributed by atoms with Gasteiger partial charge in [-0.2, -0.15) is 0 Å². The summed E-state index contributed by atoms with van der Waals surface area (Å²) in [5, 5.41) is 11.2. The van der Waals surface area contributed by atoms with E-state index in [9.17, 15) is 9.59 Å². The molecule has 1 amide bonds. The van der Waals surface area contributed by atoms with Crippen molar-refractivity contribution in [3.63, 3.8) is 0 Å². The van der Waals surface area contributed by atoms with Crippen LogP contribution in [0.5, 0.6) is 0 Å². The number of carbonyl (C=O) groups excluding carboxylic acids is 1. The van der Waals surface area contributed by atoms with Crippen LogP contribution in [-0.4, -0.2) is 23.0 Å². The van der Waals surface area contributed by atoms with Gasteiger partial charge in [0, 0.05) is 6.92 Å². The molecule has 0 aromatic heterocycles. The average Bonchev–Trinajstić information content (AvgIpc) is 1.81. The first kappa shape index (κ1) is 11.9. The monoisotopic (exact) mass is 187 g/mol. The summed E-state index contributed by atoms with van der Waals surface area (Å²) in [4.78, 5) is 21.4. The van der Waals surface area contributed by atoms with Gasteiger partial charge in [-0.3, -0.25) is 4.79 Å². The van der Waals surface area contributed by atoms with Gasteiger partial charge in [0.1, 0.15) is 6.04 Å². The van der Waals surface area contributed by atoms with Gasteiger partial charge in [-0.15, -0.1) is 0 Å². The Hall–Kier alpha value is -1.06. The smallest absolute Gasteiger partial charge is 0.326 e. The SMILES string of the molecule is CC(=O)N[C@H](CC(C)(C)C)C(=O)O. The summed E-state index contributed by atoms with van der Waals surface area (Å²) in [6.45, 7) is 7.12. The molecule has 4 nitrogen and oxygen atoms in total. The fourth-order valence-corrected chi connectivity index (χ4v) is 1.06. The maximum atomic E-state index is 10.7. The third-order valence-corrected chi connectivity index (χ3v) is 1.49. The minimum Gasteiger partial charge on any atom is -0.480 e. The van der Waals surface area contributed by atoms with Gasteiger partial charge in [-0.05, 0) is 11.8 Å². The van der Waals surface area contributed by atoms with Crippen LogP contribution in [0.2, 0.25) is 0 Å². The minimum absolute atomic E-state index is 0.106. The van der Waals surface area contributed by atoms with Gasteiger partial charge in [-0.25, -0.2) is 4.79 Å². The van der Waals surface area contributed by atoms with E-state index in [0.29, 0.717) is 6.42 Å².